The van der Waals surface area contributed by atoms with E-state index in [-0.39, 0.29) is 5.91 Å². The number of hydrogen-bond donors (Lipinski definition) is 0. The van der Waals surface area contributed by atoms with Gasteiger partial charge in [-0.1, -0.05) is 32.0 Å². The van der Waals surface area contributed by atoms with Crippen molar-refractivity contribution in [2.75, 3.05) is 33.3 Å². The number of nitrogens with zero attached hydrogens (tertiary/aromatic N) is 2. The van der Waals surface area contributed by atoms with Crippen LogP contribution in [0, 0.1) is 18.8 Å². The molecule has 1 amide bonds. The van der Waals surface area contributed by atoms with Crippen LogP contribution in [0.1, 0.15) is 46.8 Å². The second-order valence-electron chi connectivity index (χ2n) is 8.55. The average Bonchev–Trinajstić information content (AvgIpc) is 3.15. The highest BCUT2D eigenvalue weighted by atomic mass is 32.1. The number of aryl methyl sites for hydroxylation is 1. The third-order valence-corrected chi connectivity index (χ3v) is 6.58. The van der Waals surface area contributed by atoms with Crippen LogP contribution in [0.2, 0.25) is 0 Å². The number of methoxy groups -OCH3 is 1. The second-order valence-corrected chi connectivity index (χ2v) is 9.83. The summed E-state index contributed by atoms with van der Waals surface area (Å²) in [6.07, 6.45) is 2.28. The molecule has 5 heteroatoms. The second kappa shape index (κ2) is 10.3. The van der Waals surface area contributed by atoms with Crippen LogP contribution in [0.15, 0.2) is 36.4 Å². The number of para-hydroxylation sites is 1. The Bertz CT molecular complexity index is 794. The van der Waals surface area contributed by atoms with Crippen LogP contribution >= 0.6 is 11.3 Å². The predicted octanol–water partition coefficient (Wildman–Crippen LogP) is 5.08. The van der Waals surface area contributed by atoms with E-state index < -0.39 is 0 Å². The van der Waals surface area contributed by atoms with E-state index in [1.54, 1.807) is 18.4 Å². The molecule has 0 unspecified atom stereocenters. The van der Waals surface area contributed by atoms with Gasteiger partial charge >= 0.3 is 0 Å². The molecule has 158 valence electrons. The van der Waals surface area contributed by atoms with Crippen molar-refractivity contribution in [2.24, 2.45) is 11.8 Å². The van der Waals surface area contributed by atoms with Gasteiger partial charge < -0.3 is 9.64 Å². The summed E-state index contributed by atoms with van der Waals surface area (Å²) in [4.78, 5) is 19.7. The minimum atomic E-state index is 0.202. The largest absolute Gasteiger partial charge is 0.496 e. The predicted molar refractivity (Wildman–Crippen MR) is 121 cm³/mol. The van der Waals surface area contributed by atoms with E-state index in [2.05, 4.69) is 42.7 Å². The monoisotopic (exact) mass is 414 g/mol. The molecular formula is C24H34N2O2S. The normalized spacial score (nSPS) is 15.6. The molecule has 2 heterocycles. The lowest BCUT2D eigenvalue weighted by atomic mass is 9.95. The van der Waals surface area contributed by atoms with Gasteiger partial charge in [-0.2, -0.15) is 0 Å². The summed E-state index contributed by atoms with van der Waals surface area (Å²) in [5, 5.41) is 0. The van der Waals surface area contributed by atoms with E-state index in [0.29, 0.717) is 11.8 Å². The lowest BCUT2D eigenvalue weighted by molar-refractivity contribution is 0.0668. The summed E-state index contributed by atoms with van der Waals surface area (Å²) in [6, 6.07) is 12.3. The minimum absolute atomic E-state index is 0.202. The third kappa shape index (κ3) is 6.06. The van der Waals surface area contributed by atoms with Crippen LogP contribution in [0.25, 0.3) is 0 Å². The summed E-state index contributed by atoms with van der Waals surface area (Å²) < 4.78 is 5.50. The first kappa shape index (κ1) is 21.8. The van der Waals surface area contributed by atoms with E-state index in [0.717, 1.165) is 56.2 Å². The van der Waals surface area contributed by atoms with Crippen molar-refractivity contribution < 1.29 is 9.53 Å². The van der Waals surface area contributed by atoms with Gasteiger partial charge in [0, 0.05) is 30.1 Å². The van der Waals surface area contributed by atoms with Gasteiger partial charge in [0.25, 0.3) is 5.91 Å². The molecule has 0 atom stereocenters. The molecule has 1 saturated heterocycles. The number of hydrogen-bond acceptors (Lipinski definition) is 4. The maximum Gasteiger partial charge on any atom is 0.263 e. The van der Waals surface area contributed by atoms with Crippen molar-refractivity contribution in [2.45, 2.75) is 40.2 Å². The van der Waals surface area contributed by atoms with Crippen molar-refractivity contribution in [3.8, 4) is 5.75 Å². The van der Waals surface area contributed by atoms with Crippen LogP contribution in [0.5, 0.6) is 5.75 Å². The highest BCUT2D eigenvalue weighted by Gasteiger charge is 2.25. The van der Waals surface area contributed by atoms with E-state index in [1.165, 1.54) is 10.4 Å². The Hall–Kier alpha value is -1.85. The topological polar surface area (TPSA) is 32.8 Å². The molecule has 4 nitrogen and oxygen atoms in total. The van der Waals surface area contributed by atoms with Crippen molar-refractivity contribution in [1.82, 2.24) is 9.80 Å². The summed E-state index contributed by atoms with van der Waals surface area (Å²) in [5.74, 6) is 2.22. The van der Waals surface area contributed by atoms with Crippen molar-refractivity contribution in [3.05, 3.63) is 51.7 Å². The minimum Gasteiger partial charge on any atom is -0.496 e. The number of ether oxygens (including phenoxy) is 1. The Balaban J connectivity index is 1.56. The zero-order valence-electron chi connectivity index (χ0n) is 18.2. The molecule has 3 rings (SSSR count). The Morgan fingerprint density at radius 1 is 1.21 bits per heavy atom. The molecule has 29 heavy (non-hydrogen) atoms. The fraction of sp³-hybridized carbons (Fsp3) is 0.542. The number of rotatable bonds is 8. The lowest BCUT2D eigenvalue weighted by Crippen LogP contribution is -2.42. The van der Waals surface area contributed by atoms with E-state index in [9.17, 15) is 4.79 Å². The van der Waals surface area contributed by atoms with E-state index >= 15 is 0 Å². The molecular weight excluding hydrogens is 380 g/mol. The fourth-order valence-electron chi connectivity index (χ4n) is 4.10. The molecule has 0 aliphatic carbocycles. The first-order valence-corrected chi connectivity index (χ1v) is 11.5. The molecule has 0 spiro atoms. The highest BCUT2D eigenvalue weighted by Crippen LogP contribution is 2.25. The zero-order valence-corrected chi connectivity index (χ0v) is 19.0. The van der Waals surface area contributed by atoms with Crippen LogP contribution < -0.4 is 4.74 Å². The molecule has 1 aliphatic heterocycles. The van der Waals surface area contributed by atoms with Crippen LogP contribution in [0.3, 0.4) is 0 Å². The SMILES string of the molecule is COc1ccccc1CN1CCC(CN(CC(C)C)C(=O)c2ccc(C)s2)CC1. The van der Waals surface area contributed by atoms with Gasteiger partial charge in [0.2, 0.25) is 0 Å². The number of carbonyl (C=O) groups excluding carboxylic acids is 1. The van der Waals surface area contributed by atoms with Gasteiger partial charge in [-0.05, 0) is 62.9 Å². The number of piperidine rings is 1. The molecule has 2 aromatic rings. The molecule has 0 bridgehead atoms. The first-order chi connectivity index (χ1) is 14.0. The molecule has 0 N–H and O–H groups in total. The van der Waals surface area contributed by atoms with Crippen molar-refractivity contribution in [1.29, 1.82) is 0 Å². The van der Waals surface area contributed by atoms with Gasteiger partial charge in [0.05, 0.1) is 12.0 Å². The van der Waals surface area contributed by atoms with E-state index in [4.69, 9.17) is 4.74 Å². The molecule has 1 aromatic carbocycles. The van der Waals surface area contributed by atoms with Gasteiger partial charge in [0.15, 0.2) is 0 Å². The number of benzene rings is 1. The van der Waals surface area contributed by atoms with Gasteiger partial charge in [-0.15, -0.1) is 11.3 Å². The number of likely N-dealkylation sites (tertiary alicyclic amines) is 1. The van der Waals surface area contributed by atoms with Gasteiger partial charge in [-0.25, -0.2) is 0 Å². The van der Waals surface area contributed by atoms with Crippen LogP contribution in [0.4, 0.5) is 0 Å². The zero-order chi connectivity index (χ0) is 20.8. The first-order valence-electron chi connectivity index (χ1n) is 10.7. The highest BCUT2D eigenvalue weighted by molar-refractivity contribution is 7.13. The van der Waals surface area contributed by atoms with Crippen LogP contribution in [-0.2, 0) is 6.54 Å². The lowest BCUT2D eigenvalue weighted by Gasteiger charge is -2.35. The standard InChI is InChI=1S/C24H34N2O2S/c1-18(2)15-26(24(27)23-10-9-19(3)29-23)16-20-11-13-25(14-12-20)17-21-7-5-6-8-22(21)28-4/h5-10,18,20H,11-17H2,1-4H3. The third-order valence-electron chi connectivity index (χ3n) is 5.60. The molecule has 1 fully saturated rings. The Kier molecular flexibility index (Phi) is 7.73. The van der Waals surface area contributed by atoms with E-state index in [1.807, 2.05) is 24.3 Å². The number of thiophene rings is 1. The fourth-order valence-corrected chi connectivity index (χ4v) is 4.94. The summed E-state index contributed by atoms with van der Waals surface area (Å²) in [5.41, 5.74) is 1.25. The average molecular weight is 415 g/mol. The summed E-state index contributed by atoms with van der Waals surface area (Å²) in [6.45, 7) is 11.2. The number of carbonyl (C=O) groups is 1. The maximum atomic E-state index is 13.1. The van der Waals surface area contributed by atoms with Gasteiger partial charge in [-0.3, -0.25) is 9.69 Å². The van der Waals surface area contributed by atoms with Gasteiger partial charge in [0.1, 0.15) is 5.75 Å². The Morgan fingerprint density at radius 2 is 1.93 bits per heavy atom. The smallest absolute Gasteiger partial charge is 0.263 e. The molecule has 0 saturated carbocycles. The van der Waals surface area contributed by atoms with Crippen molar-refractivity contribution in [3.63, 3.8) is 0 Å². The van der Waals surface area contributed by atoms with Crippen molar-refractivity contribution >= 4 is 17.2 Å². The number of amides is 1. The quantitative estimate of drug-likeness (QED) is 0.604. The maximum absolute atomic E-state index is 13.1. The Labute approximate surface area is 179 Å². The van der Waals surface area contributed by atoms with Crippen LogP contribution in [-0.4, -0.2) is 49.0 Å². The molecule has 0 radical (unpaired) electrons. The molecule has 1 aliphatic rings. The summed E-state index contributed by atoms with van der Waals surface area (Å²) >= 11 is 1.61. The molecule has 1 aromatic heterocycles. The summed E-state index contributed by atoms with van der Waals surface area (Å²) in [7, 11) is 1.74. The Morgan fingerprint density at radius 3 is 2.55 bits per heavy atom.